The molecule has 0 fully saturated rings. The molecule has 8 heteroatoms. The van der Waals surface area contributed by atoms with Gasteiger partial charge in [-0.3, -0.25) is 5.43 Å². The zero-order chi connectivity index (χ0) is 17.8. The maximum Gasteiger partial charge on any atom is 0.196 e. The van der Waals surface area contributed by atoms with Crippen molar-refractivity contribution >= 4 is 45.9 Å². The van der Waals surface area contributed by atoms with Crippen LogP contribution >= 0.6 is 34.5 Å². The molecule has 0 amide bonds. The SMILES string of the molecule is N#C/C(=N\Nc1ccccc1F)c1nc(-c2ccc(Cl)c(Cl)c2)cs1. The molecule has 4 nitrogen and oxygen atoms in total. The molecule has 0 atom stereocenters. The summed E-state index contributed by atoms with van der Waals surface area (Å²) in [5.41, 5.74) is 4.20. The van der Waals surface area contributed by atoms with E-state index in [0.29, 0.717) is 20.7 Å². The first-order valence-electron chi connectivity index (χ1n) is 6.98. The van der Waals surface area contributed by atoms with Crippen LogP contribution in [0.4, 0.5) is 10.1 Å². The summed E-state index contributed by atoms with van der Waals surface area (Å²) in [6.45, 7) is 0. The van der Waals surface area contributed by atoms with Gasteiger partial charge in [-0.2, -0.15) is 10.4 Å². The van der Waals surface area contributed by atoms with Crippen LogP contribution in [0, 0.1) is 17.1 Å². The van der Waals surface area contributed by atoms with Crippen LogP contribution < -0.4 is 5.43 Å². The van der Waals surface area contributed by atoms with Crippen LogP contribution in [0.25, 0.3) is 11.3 Å². The highest BCUT2D eigenvalue weighted by molar-refractivity contribution is 7.12. The van der Waals surface area contributed by atoms with E-state index in [9.17, 15) is 9.65 Å². The van der Waals surface area contributed by atoms with Crippen molar-refractivity contribution in [1.82, 2.24) is 4.98 Å². The van der Waals surface area contributed by atoms with Gasteiger partial charge >= 0.3 is 0 Å². The van der Waals surface area contributed by atoms with Gasteiger partial charge in [0.15, 0.2) is 10.7 Å². The molecular weight excluding hydrogens is 382 g/mol. The molecule has 0 spiro atoms. The normalized spacial score (nSPS) is 11.2. The molecule has 124 valence electrons. The summed E-state index contributed by atoms with van der Waals surface area (Å²) in [4.78, 5) is 4.39. The van der Waals surface area contributed by atoms with Crippen LogP contribution in [0.3, 0.4) is 0 Å². The Kier molecular flexibility index (Phi) is 5.29. The lowest BCUT2D eigenvalue weighted by Gasteiger charge is -2.01. The number of rotatable bonds is 4. The number of para-hydroxylation sites is 1. The number of nitriles is 1. The minimum atomic E-state index is -0.459. The topological polar surface area (TPSA) is 61.1 Å². The lowest BCUT2D eigenvalue weighted by atomic mass is 10.2. The maximum atomic E-state index is 13.6. The third kappa shape index (κ3) is 3.97. The lowest BCUT2D eigenvalue weighted by molar-refractivity contribution is 0.630. The number of benzene rings is 2. The zero-order valence-corrected chi connectivity index (χ0v) is 14.8. The highest BCUT2D eigenvalue weighted by atomic mass is 35.5. The summed E-state index contributed by atoms with van der Waals surface area (Å²) in [5.74, 6) is -0.459. The molecular formula is C17H9Cl2FN4S. The second kappa shape index (κ2) is 7.62. The van der Waals surface area contributed by atoms with Crippen LogP contribution in [0.1, 0.15) is 5.01 Å². The minimum Gasteiger partial charge on any atom is -0.274 e. The smallest absolute Gasteiger partial charge is 0.196 e. The quantitative estimate of drug-likeness (QED) is 0.466. The van der Waals surface area contributed by atoms with E-state index in [1.165, 1.54) is 23.5 Å². The van der Waals surface area contributed by atoms with Crippen molar-refractivity contribution in [2.75, 3.05) is 5.43 Å². The minimum absolute atomic E-state index is 0.0552. The van der Waals surface area contributed by atoms with Crippen LogP contribution in [-0.4, -0.2) is 10.7 Å². The van der Waals surface area contributed by atoms with Crippen LogP contribution in [0.5, 0.6) is 0 Å². The van der Waals surface area contributed by atoms with E-state index in [0.717, 1.165) is 5.56 Å². The Hall–Kier alpha value is -2.46. The van der Waals surface area contributed by atoms with Gasteiger partial charge < -0.3 is 0 Å². The molecule has 3 aromatic rings. The molecule has 0 unspecified atom stereocenters. The van der Waals surface area contributed by atoms with Crippen LogP contribution in [0.2, 0.25) is 10.0 Å². The number of hydrazone groups is 1. The number of nitrogens with zero attached hydrogens (tertiary/aromatic N) is 3. The second-order valence-electron chi connectivity index (χ2n) is 4.83. The van der Waals surface area contributed by atoms with Crippen molar-refractivity contribution in [3.05, 3.63) is 68.7 Å². The molecule has 0 aliphatic carbocycles. The van der Waals surface area contributed by atoms with Crippen molar-refractivity contribution < 1.29 is 4.39 Å². The van der Waals surface area contributed by atoms with Gasteiger partial charge in [-0.05, 0) is 24.3 Å². The Balaban J connectivity index is 1.86. The van der Waals surface area contributed by atoms with E-state index in [-0.39, 0.29) is 11.4 Å². The zero-order valence-electron chi connectivity index (χ0n) is 12.5. The number of hydrogen-bond acceptors (Lipinski definition) is 5. The van der Waals surface area contributed by atoms with Gasteiger partial charge in [-0.15, -0.1) is 11.3 Å². The number of nitrogens with one attached hydrogen (secondary N) is 1. The second-order valence-corrected chi connectivity index (χ2v) is 6.50. The van der Waals surface area contributed by atoms with E-state index in [4.69, 9.17) is 23.2 Å². The van der Waals surface area contributed by atoms with E-state index < -0.39 is 5.82 Å². The number of aromatic nitrogens is 1. The summed E-state index contributed by atoms with van der Waals surface area (Å²) in [6.07, 6.45) is 0. The van der Waals surface area contributed by atoms with Gasteiger partial charge in [0, 0.05) is 10.9 Å². The third-order valence-electron chi connectivity index (χ3n) is 3.19. The van der Waals surface area contributed by atoms with E-state index in [1.807, 2.05) is 6.07 Å². The van der Waals surface area contributed by atoms with Crippen molar-refractivity contribution in [3.63, 3.8) is 0 Å². The van der Waals surface area contributed by atoms with Gasteiger partial charge in [0.1, 0.15) is 11.9 Å². The Bertz CT molecular complexity index is 994. The number of anilines is 1. The van der Waals surface area contributed by atoms with Crippen molar-refractivity contribution in [2.45, 2.75) is 0 Å². The maximum absolute atomic E-state index is 13.6. The number of thiazole rings is 1. The molecule has 0 aliphatic heterocycles. The standard InChI is InChI=1S/C17H9Cl2FN4S/c18-11-6-5-10(7-12(11)19)16-9-25-17(22-16)15(8-21)24-23-14-4-2-1-3-13(14)20/h1-7,9,23H/b24-15+. The summed E-state index contributed by atoms with van der Waals surface area (Å²) in [7, 11) is 0. The predicted octanol–water partition coefficient (Wildman–Crippen LogP) is 5.60. The molecule has 0 saturated heterocycles. The Morgan fingerprint density at radius 2 is 2.00 bits per heavy atom. The van der Waals surface area contributed by atoms with Gasteiger partial charge in [-0.1, -0.05) is 41.4 Å². The molecule has 0 aliphatic rings. The van der Waals surface area contributed by atoms with E-state index >= 15 is 0 Å². The molecule has 1 aromatic heterocycles. The van der Waals surface area contributed by atoms with Gasteiger partial charge in [0.25, 0.3) is 0 Å². The molecule has 2 aromatic carbocycles. The summed E-state index contributed by atoms with van der Waals surface area (Å²) >= 11 is 13.2. The number of hydrogen-bond donors (Lipinski definition) is 1. The monoisotopic (exact) mass is 390 g/mol. The predicted molar refractivity (Wildman–Crippen MR) is 99.7 cm³/mol. The molecule has 0 radical (unpaired) electrons. The first-order valence-corrected chi connectivity index (χ1v) is 8.61. The average Bonchev–Trinajstić information content (AvgIpc) is 3.09. The first kappa shape index (κ1) is 17.4. The fourth-order valence-electron chi connectivity index (χ4n) is 1.96. The third-order valence-corrected chi connectivity index (χ3v) is 4.78. The van der Waals surface area contributed by atoms with E-state index in [1.54, 1.807) is 35.7 Å². The van der Waals surface area contributed by atoms with Gasteiger partial charge in [0.05, 0.1) is 21.4 Å². The Morgan fingerprint density at radius 1 is 1.20 bits per heavy atom. The summed E-state index contributed by atoms with van der Waals surface area (Å²) in [6, 6.07) is 13.2. The number of halogens is 3. The Labute approximate surface area is 157 Å². The molecule has 0 saturated carbocycles. The van der Waals surface area contributed by atoms with Crippen LogP contribution in [0.15, 0.2) is 52.9 Å². The lowest BCUT2D eigenvalue weighted by Crippen LogP contribution is -2.02. The molecule has 0 bridgehead atoms. The van der Waals surface area contributed by atoms with Crippen molar-refractivity contribution in [1.29, 1.82) is 5.26 Å². The van der Waals surface area contributed by atoms with Crippen molar-refractivity contribution in [2.24, 2.45) is 5.10 Å². The fraction of sp³-hybridized carbons (Fsp3) is 0. The highest BCUT2D eigenvalue weighted by Gasteiger charge is 2.12. The molecule has 1 heterocycles. The van der Waals surface area contributed by atoms with Gasteiger partial charge in [0.2, 0.25) is 0 Å². The highest BCUT2D eigenvalue weighted by Crippen LogP contribution is 2.29. The van der Waals surface area contributed by atoms with Crippen LogP contribution in [-0.2, 0) is 0 Å². The average molecular weight is 391 g/mol. The first-order chi connectivity index (χ1) is 12.1. The van der Waals surface area contributed by atoms with E-state index in [2.05, 4.69) is 15.5 Å². The fourth-order valence-corrected chi connectivity index (χ4v) is 3.02. The van der Waals surface area contributed by atoms with Gasteiger partial charge in [-0.25, -0.2) is 9.37 Å². The molecule has 3 rings (SSSR count). The summed E-state index contributed by atoms with van der Waals surface area (Å²) < 4.78 is 13.6. The largest absolute Gasteiger partial charge is 0.274 e. The molecule has 1 N–H and O–H groups in total. The Morgan fingerprint density at radius 3 is 2.72 bits per heavy atom. The summed E-state index contributed by atoms with van der Waals surface area (Å²) in [5, 5.41) is 16.3. The van der Waals surface area contributed by atoms with Crippen molar-refractivity contribution in [3.8, 4) is 17.3 Å². The molecule has 25 heavy (non-hydrogen) atoms.